The first-order valence-corrected chi connectivity index (χ1v) is 5.67. The summed E-state index contributed by atoms with van der Waals surface area (Å²) in [6.07, 6.45) is 0.0988. The van der Waals surface area contributed by atoms with Gasteiger partial charge in [-0.05, 0) is 31.5 Å². The van der Waals surface area contributed by atoms with Crippen LogP contribution in [0.1, 0.15) is 23.7 Å². The summed E-state index contributed by atoms with van der Waals surface area (Å²) in [5, 5.41) is 12.5. The molecule has 0 aromatic heterocycles. The van der Waals surface area contributed by atoms with Gasteiger partial charge in [-0.2, -0.15) is 0 Å². The van der Waals surface area contributed by atoms with Crippen LogP contribution in [-0.2, 0) is 0 Å². The number of nitrogens with one attached hydrogen (secondary N) is 1. The van der Waals surface area contributed by atoms with Crippen LogP contribution in [0.3, 0.4) is 0 Å². The number of halogens is 2. The van der Waals surface area contributed by atoms with Gasteiger partial charge in [0.05, 0.1) is 16.1 Å². The van der Waals surface area contributed by atoms with Gasteiger partial charge in [0.1, 0.15) is 0 Å². The fraction of sp³-hybridized carbons (Fsp3) is 0.364. The lowest BCUT2D eigenvalue weighted by molar-refractivity contribution is 0.0945. The molecule has 0 saturated carbocycles. The van der Waals surface area contributed by atoms with Crippen molar-refractivity contribution in [1.29, 1.82) is 0 Å². The molecule has 3 nitrogen and oxygen atoms in total. The van der Waals surface area contributed by atoms with E-state index in [1.165, 1.54) is 6.07 Å². The highest BCUT2D eigenvalue weighted by Crippen LogP contribution is 2.22. The smallest absolute Gasteiger partial charge is 0.251 e. The Morgan fingerprint density at radius 3 is 2.69 bits per heavy atom. The van der Waals surface area contributed by atoms with Crippen molar-refractivity contribution >= 4 is 29.1 Å². The molecule has 0 aliphatic carbocycles. The van der Waals surface area contributed by atoms with E-state index in [0.29, 0.717) is 28.6 Å². The molecule has 0 heterocycles. The lowest BCUT2D eigenvalue weighted by Crippen LogP contribution is -2.26. The second kappa shape index (κ2) is 6.09. The standard InChI is InChI=1S/C11H13Cl2NO2/c1-7(15)4-5-14-11(16)8-2-3-9(12)10(13)6-8/h2-3,6-7,15H,4-5H2,1H3,(H,14,16). The number of carbonyl (C=O) groups excluding carboxylic acids is 1. The van der Waals surface area contributed by atoms with E-state index in [4.69, 9.17) is 28.3 Å². The van der Waals surface area contributed by atoms with Gasteiger partial charge >= 0.3 is 0 Å². The van der Waals surface area contributed by atoms with E-state index < -0.39 is 6.10 Å². The Kier molecular flexibility index (Phi) is 5.06. The minimum absolute atomic E-state index is 0.223. The number of aliphatic hydroxyl groups excluding tert-OH is 1. The van der Waals surface area contributed by atoms with E-state index in [2.05, 4.69) is 5.32 Å². The predicted molar refractivity (Wildman–Crippen MR) is 65.1 cm³/mol. The summed E-state index contributed by atoms with van der Waals surface area (Å²) in [5.41, 5.74) is 0.458. The predicted octanol–water partition coefficient (Wildman–Crippen LogP) is 2.49. The summed E-state index contributed by atoms with van der Waals surface area (Å²) >= 11 is 11.5. The van der Waals surface area contributed by atoms with Crippen molar-refractivity contribution in [1.82, 2.24) is 5.32 Å². The summed E-state index contributed by atoms with van der Waals surface area (Å²) in [4.78, 5) is 11.6. The Balaban J connectivity index is 2.56. The Labute approximate surface area is 104 Å². The van der Waals surface area contributed by atoms with Crippen LogP contribution in [0.25, 0.3) is 0 Å². The zero-order valence-electron chi connectivity index (χ0n) is 8.84. The van der Waals surface area contributed by atoms with Crippen LogP contribution in [-0.4, -0.2) is 23.7 Å². The molecule has 1 aromatic rings. The van der Waals surface area contributed by atoms with Gasteiger partial charge in [-0.25, -0.2) is 0 Å². The van der Waals surface area contributed by atoms with Crippen LogP contribution in [0, 0.1) is 0 Å². The van der Waals surface area contributed by atoms with Gasteiger partial charge in [-0.15, -0.1) is 0 Å². The number of rotatable bonds is 4. The fourth-order valence-electron chi connectivity index (χ4n) is 1.13. The largest absolute Gasteiger partial charge is 0.393 e. The first-order chi connectivity index (χ1) is 7.50. The van der Waals surface area contributed by atoms with Gasteiger partial charge in [0, 0.05) is 12.1 Å². The zero-order valence-corrected chi connectivity index (χ0v) is 10.3. The molecule has 1 rings (SSSR count). The lowest BCUT2D eigenvalue weighted by Gasteiger charge is -2.07. The third kappa shape index (κ3) is 4.00. The van der Waals surface area contributed by atoms with Gasteiger partial charge < -0.3 is 10.4 Å². The second-order valence-corrected chi connectivity index (χ2v) is 4.34. The third-order valence-corrected chi connectivity index (χ3v) is 2.77. The molecular weight excluding hydrogens is 249 g/mol. The first-order valence-electron chi connectivity index (χ1n) is 4.92. The lowest BCUT2D eigenvalue weighted by atomic mass is 10.2. The monoisotopic (exact) mass is 261 g/mol. The number of amides is 1. The van der Waals surface area contributed by atoms with Crippen molar-refractivity contribution in [2.24, 2.45) is 0 Å². The first kappa shape index (κ1) is 13.3. The van der Waals surface area contributed by atoms with Crippen molar-refractivity contribution in [3.8, 4) is 0 Å². The summed E-state index contributed by atoms with van der Waals surface area (Å²) in [5.74, 6) is -0.223. The molecule has 0 spiro atoms. The molecule has 5 heteroatoms. The van der Waals surface area contributed by atoms with Crippen molar-refractivity contribution in [3.05, 3.63) is 33.8 Å². The SMILES string of the molecule is CC(O)CCNC(=O)c1ccc(Cl)c(Cl)c1. The molecular formula is C11H13Cl2NO2. The van der Waals surface area contributed by atoms with Crippen LogP contribution >= 0.6 is 23.2 Å². The minimum atomic E-state index is -0.422. The van der Waals surface area contributed by atoms with Crippen LogP contribution in [0.4, 0.5) is 0 Å². The second-order valence-electron chi connectivity index (χ2n) is 3.52. The van der Waals surface area contributed by atoms with Crippen LogP contribution in [0.5, 0.6) is 0 Å². The third-order valence-electron chi connectivity index (χ3n) is 2.03. The highest BCUT2D eigenvalue weighted by atomic mass is 35.5. The van der Waals surface area contributed by atoms with E-state index in [1.54, 1.807) is 19.1 Å². The summed E-state index contributed by atoms with van der Waals surface area (Å²) in [6.45, 7) is 2.10. The van der Waals surface area contributed by atoms with Crippen LogP contribution < -0.4 is 5.32 Å². The van der Waals surface area contributed by atoms with Crippen molar-refractivity contribution in [2.45, 2.75) is 19.4 Å². The van der Waals surface area contributed by atoms with Crippen LogP contribution in [0.2, 0.25) is 10.0 Å². The topological polar surface area (TPSA) is 49.3 Å². The molecule has 1 atom stereocenters. The highest BCUT2D eigenvalue weighted by molar-refractivity contribution is 6.42. The van der Waals surface area contributed by atoms with Gasteiger partial charge in [-0.3, -0.25) is 4.79 Å². The van der Waals surface area contributed by atoms with E-state index in [-0.39, 0.29) is 5.91 Å². The van der Waals surface area contributed by atoms with Gasteiger partial charge in [0.15, 0.2) is 0 Å². The maximum absolute atomic E-state index is 11.6. The Hall–Kier alpha value is -0.770. The maximum atomic E-state index is 11.6. The number of hydrogen-bond acceptors (Lipinski definition) is 2. The molecule has 0 aliphatic heterocycles. The molecule has 0 saturated heterocycles. The van der Waals surface area contributed by atoms with E-state index >= 15 is 0 Å². The summed E-state index contributed by atoms with van der Waals surface area (Å²) in [7, 11) is 0. The number of hydrogen-bond donors (Lipinski definition) is 2. The van der Waals surface area contributed by atoms with Crippen molar-refractivity contribution in [2.75, 3.05) is 6.54 Å². The molecule has 1 unspecified atom stereocenters. The molecule has 0 bridgehead atoms. The highest BCUT2D eigenvalue weighted by Gasteiger charge is 2.07. The van der Waals surface area contributed by atoms with Gasteiger partial charge in [0.25, 0.3) is 5.91 Å². The summed E-state index contributed by atoms with van der Waals surface area (Å²) in [6, 6.07) is 4.70. The average molecular weight is 262 g/mol. The van der Waals surface area contributed by atoms with Gasteiger partial charge in [-0.1, -0.05) is 23.2 Å². The number of benzene rings is 1. The summed E-state index contributed by atoms with van der Waals surface area (Å²) < 4.78 is 0. The number of carbonyl (C=O) groups is 1. The van der Waals surface area contributed by atoms with E-state index in [9.17, 15) is 4.79 Å². The Morgan fingerprint density at radius 1 is 1.44 bits per heavy atom. The zero-order chi connectivity index (χ0) is 12.1. The van der Waals surface area contributed by atoms with Crippen molar-refractivity contribution < 1.29 is 9.90 Å². The maximum Gasteiger partial charge on any atom is 0.251 e. The number of aliphatic hydroxyl groups is 1. The molecule has 0 fully saturated rings. The van der Waals surface area contributed by atoms with Crippen LogP contribution in [0.15, 0.2) is 18.2 Å². The quantitative estimate of drug-likeness (QED) is 0.875. The van der Waals surface area contributed by atoms with E-state index in [1.807, 2.05) is 0 Å². The molecule has 16 heavy (non-hydrogen) atoms. The normalized spacial score (nSPS) is 12.2. The minimum Gasteiger partial charge on any atom is -0.393 e. The fourth-order valence-corrected chi connectivity index (χ4v) is 1.43. The Morgan fingerprint density at radius 2 is 2.12 bits per heavy atom. The molecule has 2 N–H and O–H groups in total. The molecule has 0 radical (unpaired) electrons. The molecule has 1 amide bonds. The van der Waals surface area contributed by atoms with Gasteiger partial charge in [0.2, 0.25) is 0 Å². The average Bonchev–Trinajstić information content (AvgIpc) is 2.21. The molecule has 1 aromatic carbocycles. The molecule has 88 valence electrons. The van der Waals surface area contributed by atoms with E-state index in [0.717, 1.165) is 0 Å². The Bertz CT molecular complexity index is 380. The molecule has 0 aliphatic rings. The van der Waals surface area contributed by atoms with Crippen molar-refractivity contribution in [3.63, 3.8) is 0 Å².